The largest absolute Gasteiger partial charge is 0.436 e. The molecule has 0 aliphatic carbocycles. The SMILES string of the molecule is O=C(O[C@H](Cc1ccc(Cl)c(Cl)c1)C(=O)N1CCC(N2CCCCCC2)CC1)N1CCC(N2CCc3ccccc3NC2=O)CC1. The van der Waals surface area contributed by atoms with E-state index in [4.69, 9.17) is 27.9 Å². The summed E-state index contributed by atoms with van der Waals surface area (Å²) in [6, 6.07) is 13.6. The number of nitrogens with zero attached hydrogens (tertiary/aromatic N) is 4. The third kappa shape index (κ3) is 7.92. The Balaban J connectivity index is 1.07. The first kappa shape index (κ1) is 32.9. The van der Waals surface area contributed by atoms with Gasteiger partial charge >= 0.3 is 12.1 Å². The van der Waals surface area contributed by atoms with Crippen molar-refractivity contribution in [1.82, 2.24) is 19.6 Å². The smallest absolute Gasteiger partial charge is 0.410 e. The van der Waals surface area contributed by atoms with Gasteiger partial charge in [0.15, 0.2) is 6.10 Å². The fraction of sp³-hybridized carbons (Fsp3) is 0.571. The van der Waals surface area contributed by atoms with Crippen LogP contribution in [0, 0.1) is 0 Å². The highest BCUT2D eigenvalue weighted by Gasteiger charge is 2.36. The molecule has 3 saturated heterocycles. The zero-order chi connectivity index (χ0) is 32.0. The summed E-state index contributed by atoms with van der Waals surface area (Å²) in [5, 5.41) is 3.88. The molecule has 0 spiro atoms. The number of nitrogens with one attached hydrogen (secondary N) is 1. The molecular weight excluding hydrogens is 625 g/mol. The first-order chi connectivity index (χ1) is 22.4. The Kier molecular flexibility index (Phi) is 10.9. The van der Waals surface area contributed by atoms with E-state index in [2.05, 4.69) is 10.2 Å². The van der Waals surface area contributed by atoms with Crippen molar-refractivity contribution in [2.75, 3.05) is 51.1 Å². The molecule has 248 valence electrons. The van der Waals surface area contributed by atoms with Gasteiger partial charge < -0.3 is 29.7 Å². The number of amides is 4. The summed E-state index contributed by atoms with van der Waals surface area (Å²) in [7, 11) is 0. The summed E-state index contributed by atoms with van der Waals surface area (Å²) in [5.74, 6) is -0.163. The Labute approximate surface area is 282 Å². The number of para-hydroxylation sites is 1. The van der Waals surface area contributed by atoms with E-state index in [1.54, 1.807) is 17.0 Å². The molecule has 4 aliphatic rings. The number of piperidine rings is 2. The molecule has 1 atom stereocenters. The fourth-order valence-electron chi connectivity index (χ4n) is 7.47. The van der Waals surface area contributed by atoms with E-state index in [0.717, 1.165) is 49.2 Å². The quantitative estimate of drug-likeness (QED) is 0.382. The highest BCUT2D eigenvalue weighted by molar-refractivity contribution is 6.42. The van der Waals surface area contributed by atoms with E-state index < -0.39 is 12.2 Å². The topological polar surface area (TPSA) is 85.4 Å². The van der Waals surface area contributed by atoms with Gasteiger partial charge in [-0.2, -0.15) is 0 Å². The first-order valence-corrected chi connectivity index (χ1v) is 17.7. The van der Waals surface area contributed by atoms with Crippen LogP contribution < -0.4 is 5.32 Å². The predicted molar refractivity (Wildman–Crippen MR) is 181 cm³/mol. The molecule has 0 saturated carbocycles. The van der Waals surface area contributed by atoms with Crippen LogP contribution in [0.25, 0.3) is 0 Å². The molecule has 4 amide bonds. The van der Waals surface area contributed by atoms with Crippen LogP contribution >= 0.6 is 23.2 Å². The molecule has 0 aromatic heterocycles. The van der Waals surface area contributed by atoms with Crippen molar-refractivity contribution in [3.8, 4) is 0 Å². The Morgan fingerprint density at radius 2 is 1.48 bits per heavy atom. The molecular formula is C35H45Cl2N5O4. The van der Waals surface area contributed by atoms with Crippen molar-refractivity contribution < 1.29 is 19.1 Å². The number of urea groups is 1. The molecule has 3 fully saturated rings. The lowest BCUT2D eigenvalue weighted by Gasteiger charge is -2.40. The average molecular weight is 671 g/mol. The maximum Gasteiger partial charge on any atom is 0.410 e. The van der Waals surface area contributed by atoms with E-state index in [9.17, 15) is 14.4 Å². The number of rotatable bonds is 6. The van der Waals surface area contributed by atoms with Crippen LogP contribution in [0.15, 0.2) is 42.5 Å². The number of carbonyl (C=O) groups excluding carboxylic acids is 3. The lowest BCUT2D eigenvalue weighted by molar-refractivity contribution is -0.142. The summed E-state index contributed by atoms with van der Waals surface area (Å²) >= 11 is 12.5. The summed E-state index contributed by atoms with van der Waals surface area (Å²) < 4.78 is 6.02. The minimum Gasteiger partial charge on any atom is -0.436 e. The second-order valence-electron chi connectivity index (χ2n) is 13.1. The number of likely N-dealkylation sites (tertiary alicyclic amines) is 3. The number of halogens is 2. The highest BCUT2D eigenvalue weighted by atomic mass is 35.5. The number of carbonyl (C=O) groups is 3. The first-order valence-electron chi connectivity index (χ1n) is 16.9. The van der Waals surface area contributed by atoms with Crippen LogP contribution in [0.4, 0.5) is 15.3 Å². The summed E-state index contributed by atoms with van der Waals surface area (Å²) in [5.41, 5.74) is 2.77. The number of anilines is 1. The van der Waals surface area contributed by atoms with Gasteiger partial charge in [0.25, 0.3) is 5.91 Å². The zero-order valence-corrected chi connectivity index (χ0v) is 28.0. The zero-order valence-electron chi connectivity index (χ0n) is 26.5. The molecule has 4 aliphatic heterocycles. The normalized spacial score (nSPS) is 21.2. The number of fused-ring (bicyclic) bond motifs is 1. The van der Waals surface area contributed by atoms with Crippen LogP contribution in [0.2, 0.25) is 10.0 Å². The molecule has 2 aromatic rings. The molecule has 46 heavy (non-hydrogen) atoms. The Morgan fingerprint density at radius 3 is 2.20 bits per heavy atom. The third-order valence-electron chi connectivity index (χ3n) is 10.2. The second-order valence-corrected chi connectivity index (χ2v) is 13.9. The summed E-state index contributed by atoms with van der Waals surface area (Å²) in [4.78, 5) is 48.6. The number of benzene rings is 2. The highest BCUT2D eigenvalue weighted by Crippen LogP contribution is 2.27. The summed E-state index contributed by atoms with van der Waals surface area (Å²) in [6.07, 6.45) is 7.80. The lowest BCUT2D eigenvalue weighted by Crippen LogP contribution is -2.52. The monoisotopic (exact) mass is 669 g/mol. The summed E-state index contributed by atoms with van der Waals surface area (Å²) in [6.45, 7) is 5.13. The predicted octanol–water partition coefficient (Wildman–Crippen LogP) is 6.46. The van der Waals surface area contributed by atoms with Gasteiger partial charge in [0.2, 0.25) is 0 Å². The molecule has 4 heterocycles. The van der Waals surface area contributed by atoms with Gasteiger partial charge in [-0.1, -0.05) is 60.3 Å². The van der Waals surface area contributed by atoms with Gasteiger partial charge in [-0.3, -0.25) is 4.79 Å². The van der Waals surface area contributed by atoms with Crippen molar-refractivity contribution in [2.45, 2.75) is 82.4 Å². The van der Waals surface area contributed by atoms with Crippen molar-refractivity contribution >= 4 is 46.9 Å². The Bertz CT molecular complexity index is 1380. The number of ether oxygens (including phenoxy) is 1. The van der Waals surface area contributed by atoms with Gasteiger partial charge in [0.05, 0.1) is 10.0 Å². The van der Waals surface area contributed by atoms with E-state index >= 15 is 0 Å². The van der Waals surface area contributed by atoms with Crippen LogP contribution in [0.1, 0.15) is 62.5 Å². The van der Waals surface area contributed by atoms with Crippen LogP contribution in [-0.2, 0) is 22.4 Å². The van der Waals surface area contributed by atoms with E-state index in [1.165, 1.54) is 25.7 Å². The maximum atomic E-state index is 13.9. The fourth-order valence-corrected chi connectivity index (χ4v) is 7.79. The molecule has 0 unspecified atom stereocenters. The van der Waals surface area contributed by atoms with Crippen LogP contribution in [0.5, 0.6) is 0 Å². The minimum absolute atomic E-state index is 0.0255. The molecule has 2 aromatic carbocycles. The van der Waals surface area contributed by atoms with Crippen molar-refractivity contribution in [2.24, 2.45) is 0 Å². The van der Waals surface area contributed by atoms with E-state index in [1.807, 2.05) is 40.1 Å². The van der Waals surface area contributed by atoms with Gasteiger partial charge in [0, 0.05) is 56.9 Å². The maximum absolute atomic E-state index is 13.9. The lowest BCUT2D eigenvalue weighted by atomic mass is 10.0. The van der Waals surface area contributed by atoms with Crippen LogP contribution in [0.3, 0.4) is 0 Å². The van der Waals surface area contributed by atoms with E-state index in [-0.39, 0.29) is 24.4 Å². The van der Waals surface area contributed by atoms with Crippen molar-refractivity contribution in [1.29, 1.82) is 0 Å². The average Bonchev–Trinajstić information content (AvgIpc) is 3.45. The Hall–Kier alpha value is -3.01. The molecule has 6 rings (SSSR count). The molecule has 0 bridgehead atoms. The second kappa shape index (κ2) is 15.3. The van der Waals surface area contributed by atoms with E-state index in [0.29, 0.717) is 61.7 Å². The molecule has 0 radical (unpaired) electrons. The molecule has 11 heteroatoms. The van der Waals surface area contributed by atoms with Crippen LogP contribution in [-0.4, -0.2) is 102 Å². The number of hydrogen-bond acceptors (Lipinski definition) is 5. The van der Waals surface area contributed by atoms with Gasteiger partial charge in [-0.05, 0) is 87.4 Å². The third-order valence-corrected chi connectivity index (χ3v) is 10.9. The van der Waals surface area contributed by atoms with Crippen molar-refractivity contribution in [3.05, 3.63) is 63.6 Å². The molecule has 9 nitrogen and oxygen atoms in total. The van der Waals surface area contributed by atoms with Crippen molar-refractivity contribution in [3.63, 3.8) is 0 Å². The van der Waals surface area contributed by atoms with Gasteiger partial charge in [-0.15, -0.1) is 0 Å². The van der Waals surface area contributed by atoms with Gasteiger partial charge in [-0.25, -0.2) is 9.59 Å². The molecule has 1 N–H and O–H groups in total. The Morgan fingerprint density at radius 1 is 0.804 bits per heavy atom. The standard InChI is InChI=1S/C35H45Cl2N5O4/c36-29-10-9-25(23-30(29)37)24-32(33(43)40-18-12-27(13-19-40)39-16-5-1-2-6-17-39)46-35(45)41-20-14-28(15-21-41)42-22-11-26-7-3-4-8-31(26)38-34(42)44/h3-4,7-10,23,27-28,32H,1-2,5-6,11-22,24H2,(H,38,44)/t32-/m1/s1. The van der Waals surface area contributed by atoms with Gasteiger partial charge in [0.1, 0.15) is 0 Å². The minimum atomic E-state index is -0.966. The number of hydrogen-bond donors (Lipinski definition) is 1.